The molecule has 0 radical (unpaired) electrons. The molecule has 5 heteroatoms. The minimum Gasteiger partial charge on any atom is -0.497 e. The maximum Gasteiger partial charge on any atom is 0.261 e. The molecule has 1 aliphatic rings. The fourth-order valence-electron chi connectivity index (χ4n) is 3.27. The molecule has 1 amide bonds. The lowest BCUT2D eigenvalue weighted by Gasteiger charge is -2.25. The molecule has 26 heavy (non-hydrogen) atoms. The van der Waals surface area contributed by atoms with Crippen LogP contribution in [0, 0.1) is 0 Å². The van der Waals surface area contributed by atoms with Gasteiger partial charge in [-0.25, -0.2) is 0 Å². The third kappa shape index (κ3) is 4.04. The number of rotatable bonds is 6. The standard InChI is InChI=1S/C21H23NO4/c1-15(23)17-5-3-6-19(13-17)26-14-21(24)22-12-4-7-20(22)16-8-10-18(25-2)11-9-16/h3,5-6,8-11,13,20H,4,7,12,14H2,1-2H3. The molecule has 1 atom stereocenters. The van der Waals surface area contributed by atoms with Crippen molar-refractivity contribution in [3.63, 3.8) is 0 Å². The van der Waals surface area contributed by atoms with E-state index in [1.807, 2.05) is 29.2 Å². The Bertz CT molecular complexity index is 785. The molecule has 0 saturated carbocycles. The first-order valence-electron chi connectivity index (χ1n) is 8.75. The van der Waals surface area contributed by atoms with Crippen molar-refractivity contribution in [2.24, 2.45) is 0 Å². The van der Waals surface area contributed by atoms with Crippen LogP contribution in [-0.2, 0) is 4.79 Å². The maximum atomic E-state index is 12.7. The number of ether oxygens (including phenoxy) is 2. The molecule has 5 nitrogen and oxygen atoms in total. The van der Waals surface area contributed by atoms with Gasteiger partial charge in [0.2, 0.25) is 0 Å². The van der Waals surface area contributed by atoms with Gasteiger partial charge in [0, 0.05) is 12.1 Å². The maximum absolute atomic E-state index is 12.7. The lowest BCUT2D eigenvalue weighted by atomic mass is 10.0. The molecule has 1 aliphatic heterocycles. The molecule has 1 unspecified atom stereocenters. The first-order chi connectivity index (χ1) is 12.6. The summed E-state index contributed by atoms with van der Waals surface area (Å²) in [6.07, 6.45) is 1.92. The van der Waals surface area contributed by atoms with Gasteiger partial charge in [-0.1, -0.05) is 24.3 Å². The molecular weight excluding hydrogens is 330 g/mol. The van der Waals surface area contributed by atoms with Crippen LogP contribution >= 0.6 is 0 Å². The summed E-state index contributed by atoms with van der Waals surface area (Å²) in [6.45, 7) is 2.20. The van der Waals surface area contributed by atoms with Gasteiger partial charge in [-0.2, -0.15) is 0 Å². The van der Waals surface area contributed by atoms with Gasteiger partial charge >= 0.3 is 0 Å². The average molecular weight is 353 g/mol. The molecule has 136 valence electrons. The van der Waals surface area contributed by atoms with Crippen LogP contribution in [0.2, 0.25) is 0 Å². The normalized spacial score (nSPS) is 16.4. The Labute approximate surface area is 153 Å². The Morgan fingerprint density at radius 1 is 1.12 bits per heavy atom. The van der Waals surface area contributed by atoms with Crippen molar-refractivity contribution in [1.29, 1.82) is 0 Å². The van der Waals surface area contributed by atoms with E-state index in [1.54, 1.807) is 31.4 Å². The van der Waals surface area contributed by atoms with Gasteiger partial charge in [0.05, 0.1) is 13.2 Å². The molecule has 0 spiro atoms. The van der Waals surface area contributed by atoms with Crippen molar-refractivity contribution in [2.75, 3.05) is 20.3 Å². The summed E-state index contributed by atoms with van der Waals surface area (Å²) in [4.78, 5) is 26.0. The van der Waals surface area contributed by atoms with Gasteiger partial charge in [-0.3, -0.25) is 9.59 Å². The smallest absolute Gasteiger partial charge is 0.261 e. The fourth-order valence-corrected chi connectivity index (χ4v) is 3.27. The van der Waals surface area contributed by atoms with Crippen LogP contribution in [0.5, 0.6) is 11.5 Å². The summed E-state index contributed by atoms with van der Waals surface area (Å²) in [7, 11) is 1.64. The molecule has 2 aromatic rings. The number of carbonyl (C=O) groups excluding carboxylic acids is 2. The first-order valence-corrected chi connectivity index (χ1v) is 8.75. The van der Waals surface area contributed by atoms with Crippen molar-refractivity contribution in [1.82, 2.24) is 4.90 Å². The van der Waals surface area contributed by atoms with Gasteiger partial charge in [0.1, 0.15) is 11.5 Å². The topological polar surface area (TPSA) is 55.8 Å². The van der Waals surface area contributed by atoms with E-state index >= 15 is 0 Å². The van der Waals surface area contributed by atoms with Crippen LogP contribution in [0.1, 0.15) is 41.7 Å². The Balaban J connectivity index is 1.64. The summed E-state index contributed by atoms with van der Waals surface area (Å²) in [5.41, 5.74) is 1.68. The van der Waals surface area contributed by atoms with E-state index in [1.165, 1.54) is 6.92 Å². The summed E-state index contributed by atoms with van der Waals surface area (Å²) in [6, 6.07) is 14.8. The highest BCUT2D eigenvalue weighted by molar-refractivity contribution is 5.94. The molecule has 3 rings (SSSR count). The number of Topliss-reactive ketones (excluding diaryl/α,β-unsaturated/α-hetero) is 1. The number of methoxy groups -OCH3 is 1. The lowest BCUT2D eigenvalue weighted by Crippen LogP contribution is -2.34. The summed E-state index contributed by atoms with van der Waals surface area (Å²) < 4.78 is 10.8. The van der Waals surface area contributed by atoms with Crippen LogP contribution in [-0.4, -0.2) is 36.9 Å². The SMILES string of the molecule is COc1ccc(C2CCCN2C(=O)COc2cccc(C(C)=O)c2)cc1. The van der Waals surface area contributed by atoms with Crippen molar-refractivity contribution in [3.05, 3.63) is 59.7 Å². The Morgan fingerprint density at radius 2 is 1.88 bits per heavy atom. The molecule has 2 aromatic carbocycles. The largest absolute Gasteiger partial charge is 0.497 e. The predicted molar refractivity (Wildman–Crippen MR) is 98.6 cm³/mol. The zero-order chi connectivity index (χ0) is 18.5. The summed E-state index contributed by atoms with van der Waals surface area (Å²) in [5.74, 6) is 1.27. The second-order valence-electron chi connectivity index (χ2n) is 6.39. The van der Waals surface area contributed by atoms with E-state index < -0.39 is 0 Å². The van der Waals surface area contributed by atoms with Crippen LogP contribution in [0.25, 0.3) is 0 Å². The number of amides is 1. The molecule has 0 N–H and O–H groups in total. The number of hydrogen-bond acceptors (Lipinski definition) is 4. The van der Waals surface area contributed by atoms with Crippen LogP contribution in [0.4, 0.5) is 0 Å². The van der Waals surface area contributed by atoms with E-state index in [9.17, 15) is 9.59 Å². The minimum atomic E-state index is -0.0449. The van der Waals surface area contributed by atoms with Crippen molar-refractivity contribution < 1.29 is 19.1 Å². The van der Waals surface area contributed by atoms with Gasteiger partial charge in [-0.05, 0) is 49.6 Å². The summed E-state index contributed by atoms with van der Waals surface area (Å²) in [5, 5.41) is 0. The number of ketones is 1. The zero-order valence-electron chi connectivity index (χ0n) is 15.1. The van der Waals surface area contributed by atoms with Gasteiger partial charge in [-0.15, -0.1) is 0 Å². The van der Waals surface area contributed by atoms with Crippen LogP contribution < -0.4 is 9.47 Å². The molecule has 1 saturated heterocycles. The number of likely N-dealkylation sites (tertiary alicyclic amines) is 1. The second kappa shape index (κ2) is 8.04. The molecule has 0 aliphatic carbocycles. The number of hydrogen-bond donors (Lipinski definition) is 0. The van der Waals surface area contributed by atoms with Gasteiger partial charge in [0.15, 0.2) is 12.4 Å². The van der Waals surface area contributed by atoms with E-state index in [0.29, 0.717) is 11.3 Å². The molecule has 0 aromatic heterocycles. The Kier molecular flexibility index (Phi) is 5.56. The molecular formula is C21H23NO4. The molecule has 1 fully saturated rings. The monoisotopic (exact) mass is 353 g/mol. The highest BCUT2D eigenvalue weighted by Gasteiger charge is 2.30. The molecule has 1 heterocycles. The van der Waals surface area contributed by atoms with E-state index in [0.717, 1.165) is 30.7 Å². The lowest BCUT2D eigenvalue weighted by molar-refractivity contribution is -0.134. The number of benzene rings is 2. The second-order valence-corrected chi connectivity index (χ2v) is 6.39. The van der Waals surface area contributed by atoms with E-state index in [4.69, 9.17) is 9.47 Å². The predicted octanol–water partition coefficient (Wildman–Crippen LogP) is 3.64. The Morgan fingerprint density at radius 3 is 2.58 bits per heavy atom. The van der Waals surface area contributed by atoms with Crippen molar-refractivity contribution >= 4 is 11.7 Å². The Hall–Kier alpha value is -2.82. The average Bonchev–Trinajstić information content (AvgIpc) is 3.16. The van der Waals surface area contributed by atoms with E-state index in [2.05, 4.69) is 0 Å². The third-order valence-corrected chi connectivity index (χ3v) is 4.68. The third-order valence-electron chi connectivity index (χ3n) is 4.68. The van der Waals surface area contributed by atoms with Gasteiger partial charge < -0.3 is 14.4 Å². The highest BCUT2D eigenvalue weighted by atomic mass is 16.5. The zero-order valence-corrected chi connectivity index (χ0v) is 15.1. The van der Waals surface area contributed by atoms with Crippen molar-refractivity contribution in [2.45, 2.75) is 25.8 Å². The number of nitrogens with zero attached hydrogens (tertiary/aromatic N) is 1. The number of carbonyl (C=O) groups is 2. The molecule has 0 bridgehead atoms. The van der Waals surface area contributed by atoms with Gasteiger partial charge in [0.25, 0.3) is 5.91 Å². The quantitative estimate of drug-likeness (QED) is 0.744. The van der Waals surface area contributed by atoms with Crippen LogP contribution in [0.3, 0.4) is 0 Å². The first kappa shape index (κ1) is 18.0. The highest BCUT2D eigenvalue weighted by Crippen LogP contribution is 2.32. The van der Waals surface area contributed by atoms with Crippen molar-refractivity contribution in [3.8, 4) is 11.5 Å². The van der Waals surface area contributed by atoms with Crippen LogP contribution in [0.15, 0.2) is 48.5 Å². The van der Waals surface area contributed by atoms with E-state index in [-0.39, 0.29) is 24.3 Å². The minimum absolute atomic E-state index is 0.0270. The fraction of sp³-hybridized carbons (Fsp3) is 0.333. The summed E-state index contributed by atoms with van der Waals surface area (Å²) >= 11 is 0.